The van der Waals surface area contributed by atoms with Crippen LogP contribution < -0.4 is 14.8 Å². The van der Waals surface area contributed by atoms with Gasteiger partial charge in [0.2, 0.25) is 6.79 Å². The fourth-order valence-electron chi connectivity index (χ4n) is 3.35. The van der Waals surface area contributed by atoms with Gasteiger partial charge in [-0.3, -0.25) is 9.78 Å². The molecule has 3 aromatic rings. The number of aromatic nitrogens is 2. The Morgan fingerprint density at radius 1 is 1.04 bits per heavy atom. The van der Waals surface area contributed by atoms with E-state index in [2.05, 4.69) is 15.3 Å². The first-order valence-electron chi connectivity index (χ1n) is 8.80. The Hall–Kier alpha value is -3.54. The number of nitrogens with zero attached hydrogens (tertiary/aromatic N) is 1. The number of rotatable bonds is 3. The highest BCUT2D eigenvalue weighted by Gasteiger charge is 2.20. The Morgan fingerprint density at radius 3 is 2.89 bits per heavy atom. The van der Waals surface area contributed by atoms with Gasteiger partial charge in [-0.05, 0) is 42.0 Å². The lowest BCUT2D eigenvalue weighted by molar-refractivity contribution is 0.0946. The van der Waals surface area contributed by atoms with E-state index in [1.807, 2.05) is 48.6 Å². The zero-order valence-corrected chi connectivity index (χ0v) is 14.5. The molecule has 27 heavy (non-hydrogen) atoms. The minimum absolute atomic E-state index is 0.0178. The number of aromatic amines is 1. The first kappa shape index (κ1) is 15.7. The average Bonchev–Trinajstić information content (AvgIpc) is 3.34. The van der Waals surface area contributed by atoms with Crippen LogP contribution in [0.1, 0.15) is 27.3 Å². The van der Waals surface area contributed by atoms with Crippen molar-refractivity contribution in [2.75, 3.05) is 13.3 Å². The molecule has 0 saturated carbocycles. The molecule has 134 valence electrons. The second-order valence-corrected chi connectivity index (χ2v) is 6.50. The lowest BCUT2D eigenvalue weighted by atomic mass is 10.1. The Balaban J connectivity index is 1.42. The fourth-order valence-corrected chi connectivity index (χ4v) is 3.35. The Labute approximate surface area is 155 Å². The van der Waals surface area contributed by atoms with E-state index in [9.17, 15) is 4.79 Å². The number of ether oxygens (including phenoxy) is 2. The van der Waals surface area contributed by atoms with E-state index in [-0.39, 0.29) is 12.7 Å². The predicted molar refractivity (Wildman–Crippen MR) is 102 cm³/mol. The number of carbonyl (C=O) groups is 1. The molecular formula is C21H17N3O3. The van der Waals surface area contributed by atoms with Crippen LogP contribution >= 0.6 is 0 Å². The highest BCUT2D eigenvalue weighted by Crippen LogP contribution is 2.33. The maximum Gasteiger partial charge on any atom is 0.253 e. The number of carbonyl (C=O) groups excluding carboxylic acids is 1. The highest BCUT2D eigenvalue weighted by molar-refractivity contribution is 5.97. The molecular weight excluding hydrogens is 342 g/mol. The van der Waals surface area contributed by atoms with E-state index in [0.717, 1.165) is 51.7 Å². The molecule has 0 spiro atoms. The van der Waals surface area contributed by atoms with Crippen LogP contribution in [0.4, 0.5) is 0 Å². The van der Waals surface area contributed by atoms with Gasteiger partial charge in [0, 0.05) is 36.1 Å². The number of nitrogens with one attached hydrogen (secondary N) is 2. The highest BCUT2D eigenvalue weighted by atomic mass is 16.7. The van der Waals surface area contributed by atoms with Gasteiger partial charge < -0.3 is 19.8 Å². The van der Waals surface area contributed by atoms with Gasteiger partial charge in [0.25, 0.3) is 5.91 Å². The van der Waals surface area contributed by atoms with Crippen molar-refractivity contribution >= 4 is 18.1 Å². The third-order valence-corrected chi connectivity index (χ3v) is 4.74. The summed E-state index contributed by atoms with van der Waals surface area (Å²) in [6.45, 7) is 0.940. The second-order valence-electron chi connectivity index (χ2n) is 6.50. The molecule has 0 bridgehead atoms. The number of amides is 1. The largest absolute Gasteiger partial charge is 0.454 e. The molecule has 0 saturated heterocycles. The summed E-state index contributed by atoms with van der Waals surface area (Å²) in [5.74, 6) is 1.51. The second kappa shape index (κ2) is 6.32. The molecule has 1 amide bonds. The molecule has 0 unspecified atom stereocenters. The number of fused-ring (bicyclic) bond motifs is 2. The topological polar surface area (TPSA) is 76.2 Å². The number of hydrogen-bond acceptors (Lipinski definition) is 4. The zero-order chi connectivity index (χ0) is 18.2. The third-order valence-electron chi connectivity index (χ3n) is 4.74. The third kappa shape index (κ3) is 2.95. The van der Waals surface area contributed by atoms with Crippen LogP contribution in [0, 0.1) is 0 Å². The summed E-state index contributed by atoms with van der Waals surface area (Å²) in [5, 5.41) is 2.87. The molecule has 5 rings (SSSR count). The molecule has 2 N–H and O–H groups in total. The predicted octanol–water partition coefficient (Wildman–Crippen LogP) is 3.26. The van der Waals surface area contributed by atoms with E-state index < -0.39 is 0 Å². The van der Waals surface area contributed by atoms with Gasteiger partial charge in [0.1, 0.15) is 0 Å². The van der Waals surface area contributed by atoms with Gasteiger partial charge >= 0.3 is 0 Å². The van der Waals surface area contributed by atoms with Crippen LogP contribution in [-0.4, -0.2) is 29.2 Å². The minimum atomic E-state index is -0.0178. The smallest absolute Gasteiger partial charge is 0.253 e. The zero-order valence-electron chi connectivity index (χ0n) is 14.5. The summed E-state index contributed by atoms with van der Waals surface area (Å²) < 4.78 is 10.7. The van der Waals surface area contributed by atoms with Crippen LogP contribution in [0.2, 0.25) is 0 Å². The van der Waals surface area contributed by atoms with E-state index in [1.54, 1.807) is 6.20 Å². The molecule has 0 radical (unpaired) electrons. The number of hydrogen-bond donors (Lipinski definition) is 2. The number of H-pyrrole nitrogens is 1. The van der Waals surface area contributed by atoms with Crippen LogP contribution in [-0.2, 0) is 6.42 Å². The average molecular weight is 359 g/mol. The maximum atomic E-state index is 12.0. The van der Waals surface area contributed by atoms with E-state index in [0.29, 0.717) is 6.54 Å². The van der Waals surface area contributed by atoms with Gasteiger partial charge in [-0.15, -0.1) is 0 Å². The van der Waals surface area contributed by atoms with Gasteiger partial charge in [0.15, 0.2) is 11.5 Å². The summed E-state index contributed by atoms with van der Waals surface area (Å²) in [7, 11) is 0. The lowest BCUT2D eigenvalue weighted by Crippen LogP contribution is -2.31. The van der Waals surface area contributed by atoms with Gasteiger partial charge in [-0.25, -0.2) is 0 Å². The van der Waals surface area contributed by atoms with Crippen molar-refractivity contribution in [3.05, 3.63) is 65.1 Å². The molecule has 4 heterocycles. The summed E-state index contributed by atoms with van der Waals surface area (Å²) in [6, 6.07) is 11.7. The van der Waals surface area contributed by atoms with Crippen LogP contribution in [0.15, 0.2) is 42.6 Å². The number of benzene rings is 1. The molecule has 6 nitrogen and oxygen atoms in total. The van der Waals surface area contributed by atoms with E-state index in [1.165, 1.54) is 0 Å². The molecule has 2 aromatic heterocycles. The Bertz CT molecular complexity index is 1070. The normalized spacial score (nSPS) is 15.0. The Morgan fingerprint density at radius 2 is 1.96 bits per heavy atom. The van der Waals surface area contributed by atoms with Crippen LogP contribution in [0.3, 0.4) is 0 Å². The van der Waals surface area contributed by atoms with E-state index in [4.69, 9.17) is 9.47 Å². The van der Waals surface area contributed by atoms with Crippen LogP contribution in [0.5, 0.6) is 11.5 Å². The van der Waals surface area contributed by atoms with Crippen molar-refractivity contribution in [3.63, 3.8) is 0 Å². The maximum absolute atomic E-state index is 12.0. The lowest BCUT2D eigenvalue weighted by Gasteiger charge is -2.10. The molecule has 2 aliphatic heterocycles. The minimum Gasteiger partial charge on any atom is -0.454 e. The van der Waals surface area contributed by atoms with Crippen molar-refractivity contribution in [2.45, 2.75) is 6.42 Å². The quantitative estimate of drug-likeness (QED) is 0.753. The van der Waals surface area contributed by atoms with Crippen molar-refractivity contribution in [2.24, 2.45) is 0 Å². The van der Waals surface area contributed by atoms with Gasteiger partial charge in [0.05, 0.1) is 11.3 Å². The van der Waals surface area contributed by atoms with Crippen molar-refractivity contribution in [1.29, 1.82) is 0 Å². The molecule has 0 atom stereocenters. The standard InChI is InChI=1S/C21H17N3O3/c25-21-16-11-18(24-17(16)6-8-23-21)14-5-7-22-15(10-14)3-1-13-2-4-19-20(9-13)27-12-26-19/h1-5,7,9-11,24H,6,8,12H2,(H,23,25). The molecule has 1 aromatic carbocycles. The summed E-state index contributed by atoms with van der Waals surface area (Å²) in [6.07, 6.45) is 6.54. The molecule has 0 aliphatic carbocycles. The number of pyridine rings is 1. The fraction of sp³-hybridized carbons (Fsp3) is 0.143. The molecule has 0 fully saturated rings. The molecule has 2 aliphatic rings. The summed E-state index contributed by atoms with van der Waals surface area (Å²) in [4.78, 5) is 19.7. The first-order valence-corrected chi connectivity index (χ1v) is 8.80. The van der Waals surface area contributed by atoms with Crippen molar-refractivity contribution < 1.29 is 14.3 Å². The first-order chi connectivity index (χ1) is 13.3. The Kier molecular flexibility index (Phi) is 3.67. The summed E-state index contributed by atoms with van der Waals surface area (Å²) >= 11 is 0. The van der Waals surface area contributed by atoms with E-state index >= 15 is 0 Å². The molecule has 6 heteroatoms. The monoisotopic (exact) mass is 359 g/mol. The van der Waals surface area contributed by atoms with Crippen molar-refractivity contribution in [3.8, 4) is 22.8 Å². The van der Waals surface area contributed by atoms with Gasteiger partial charge in [-0.2, -0.15) is 0 Å². The van der Waals surface area contributed by atoms with Crippen LogP contribution in [0.25, 0.3) is 23.4 Å². The summed E-state index contributed by atoms with van der Waals surface area (Å²) in [5.41, 5.74) is 5.49. The SMILES string of the molecule is O=C1NCCc2[nH]c(-c3ccnc(C=Cc4ccc5c(c4)OCO5)c3)cc21. The van der Waals surface area contributed by atoms with Gasteiger partial charge in [-0.1, -0.05) is 12.1 Å². The van der Waals surface area contributed by atoms with Crippen molar-refractivity contribution in [1.82, 2.24) is 15.3 Å².